The number of rotatable bonds is 15. The fourth-order valence-corrected chi connectivity index (χ4v) is 2.93. The summed E-state index contributed by atoms with van der Waals surface area (Å²) in [5.41, 5.74) is 0. The highest BCUT2D eigenvalue weighted by Gasteiger charge is 2.03. The quantitative estimate of drug-likeness (QED) is 0.269. The van der Waals surface area contributed by atoms with E-state index in [4.69, 9.17) is 0 Å². The van der Waals surface area contributed by atoms with Gasteiger partial charge in [0.05, 0.1) is 0 Å². The van der Waals surface area contributed by atoms with Gasteiger partial charge in [-0.3, -0.25) is 0 Å². The third kappa shape index (κ3) is 16.1. The summed E-state index contributed by atoms with van der Waals surface area (Å²) in [6.07, 6.45) is 20.2. The van der Waals surface area contributed by atoms with Crippen molar-refractivity contribution in [3.63, 3.8) is 0 Å². The second-order valence-corrected chi connectivity index (χ2v) is 7.18. The van der Waals surface area contributed by atoms with Gasteiger partial charge in [0, 0.05) is 0 Å². The van der Waals surface area contributed by atoms with Gasteiger partial charge in [-0.25, -0.2) is 0 Å². The molecule has 0 aliphatic rings. The van der Waals surface area contributed by atoms with Gasteiger partial charge in [-0.1, -0.05) is 111 Å². The molecule has 0 N–H and O–H groups in total. The first kappa shape index (κ1) is 20.0. The Balaban J connectivity index is 3.11. The monoisotopic (exact) mass is 281 g/mol. The minimum Gasteiger partial charge on any atom is -0.0654 e. The Labute approximate surface area is 130 Å². The molecule has 0 fully saturated rings. The summed E-state index contributed by atoms with van der Waals surface area (Å²) in [5.74, 6) is 2.54. The molecule has 0 aliphatic carbocycles. The van der Waals surface area contributed by atoms with Crippen molar-refractivity contribution in [1.29, 1.82) is 0 Å². The summed E-state index contributed by atoms with van der Waals surface area (Å²) in [6, 6.07) is 0. The first-order valence-electron chi connectivity index (χ1n) is 9.45. The minimum atomic E-state index is 0.948. The van der Waals surface area contributed by atoms with Crippen LogP contribution in [0, 0.1) is 11.8 Å². The summed E-state index contributed by atoms with van der Waals surface area (Å²) in [4.78, 5) is 0. The molecule has 20 heavy (non-hydrogen) atoms. The van der Waals surface area contributed by atoms with Crippen LogP contribution in [0.4, 0.5) is 0 Å². The van der Waals surface area contributed by atoms with E-state index in [-0.39, 0.29) is 0 Å². The first-order chi connectivity index (χ1) is 9.66. The van der Waals surface area contributed by atoms with Crippen molar-refractivity contribution in [1.82, 2.24) is 0 Å². The molecule has 0 aliphatic heterocycles. The largest absolute Gasteiger partial charge is 0.0654 e. The molecule has 0 aromatic rings. The molecule has 0 aromatic carbocycles. The van der Waals surface area contributed by atoms with E-state index >= 15 is 0 Å². The summed E-state index contributed by atoms with van der Waals surface area (Å²) >= 11 is 0. The van der Waals surface area contributed by atoms with Crippen LogP contribution < -0.4 is 0 Å². The van der Waals surface area contributed by atoms with E-state index in [2.05, 4.69) is 27.7 Å². The second kappa shape index (κ2) is 15.4. The maximum atomic E-state index is 2.44. The van der Waals surface area contributed by atoms with E-state index in [0.717, 1.165) is 5.92 Å². The second-order valence-electron chi connectivity index (χ2n) is 7.18. The molecule has 0 bridgehead atoms. The fraction of sp³-hybridized carbons (Fsp3) is 0.950. The summed E-state index contributed by atoms with van der Waals surface area (Å²) in [7, 11) is 0. The van der Waals surface area contributed by atoms with Crippen LogP contribution >= 0.6 is 0 Å². The van der Waals surface area contributed by atoms with Gasteiger partial charge in [0.15, 0.2) is 0 Å². The SMILES string of the molecule is CCCCCCCCCCCCC(C)CCC[C](C)C. The third-order valence-electron chi connectivity index (χ3n) is 4.42. The number of hydrogen-bond donors (Lipinski definition) is 0. The zero-order chi connectivity index (χ0) is 15.1. The molecule has 0 aromatic heterocycles. The molecule has 0 amide bonds. The maximum absolute atomic E-state index is 2.44. The van der Waals surface area contributed by atoms with Gasteiger partial charge in [-0.2, -0.15) is 0 Å². The minimum absolute atomic E-state index is 0.948. The molecular formula is C20H41. The van der Waals surface area contributed by atoms with Crippen molar-refractivity contribution in [3.05, 3.63) is 5.92 Å². The van der Waals surface area contributed by atoms with E-state index in [1.165, 1.54) is 89.9 Å². The third-order valence-corrected chi connectivity index (χ3v) is 4.42. The lowest BCUT2D eigenvalue weighted by molar-refractivity contribution is 0.438. The molecular weight excluding hydrogens is 240 g/mol. The highest BCUT2D eigenvalue weighted by atomic mass is 14.1. The molecule has 121 valence electrons. The van der Waals surface area contributed by atoms with Crippen LogP contribution in [0.2, 0.25) is 0 Å². The Kier molecular flexibility index (Phi) is 15.4. The fourth-order valence-electron chi connectivity index (χ4n) is 2.93. The lowest BCUT2D eigenvalue weighted by Gasteiger charge is -2.11. The van der Waals surface area contributed by atoms with E-state index in [9.17, 15) is 0 Å². The lowest BCUT2D eigenvalue weighted by Crippen LogP contribution is -1.96. The molecule has 1 atom stereocenters. The van der Waals surface area contributed by atoms with Crippen LogP contribution in [0.1, 0.15) is 118 Å². The van der Waals surface area contributed by atoms with Gasteiger partial charge in [-0.15, -0.1) is 0 Å². The Morgan fingerprint density at radius 1 is 0.650 bits per heavy atom. The summed E-state index contributed by atoms with van der Waals surface area (Å²) < 4.78 is 0. The van der Waals surface area contributed by atoms with Gasteiger partial charge in [0.2, 0.25) is 0 Å². The highest BCUT2D eigenvalue weighted by molar-refractivity contribution is 4.76. The molecule has 0 saturated heterocycles. The smallest absolute Gasteiger partial charge is 0.0303 e. The van der Waals surface area contributed by atoms with Gasteiger partial charge in [-0.05, 0) is 18.3 Å². The zero-order valence-electron chi connectivity index (χ0n) is 15.0. The molecule has 0 heteroatoms. The molecule has 0 rings (SSSR count). The summed E-state index contributed by atoms with van der Waals surface area (Å²) in [6.45, 7) is 9.25. The van der Waals surface area contributed by atoms with Gasteiger partial charge in [0.25, 0.3) is 0 Å². The van der Waals surface area contributed by atoms with E-state index in [0.29, 0.717) is 0 Å². The van der Waals surface area contributed by atoms with E-state index in [1.54, 1.807) is 5.92 Å². The topological polar surface area (TPSA) is 0 Å². The normalized spacial score (nSPS) is 13.1. The summed E-state index contributed by atoms with van der Waals surface area (Å²) in [5, 5.41) is 0. The van der Waals surface area contributed by atoms with Crippen molar-refractivity contribution in [2.24, 2.45) is 5.92 Å². The van der Waals surface area contributed by atoms with Crippen LogP contribution in [-0.2, 0) is 0 Å². The van der Waals surface area contributed by atoms with Crippen molar-refractivity contribution < 1.29 is 0 Å². The molecule has 0 spiro atoms. The van der Waals surface area contributed by atoms with Crippen molar-refractivity contribution in [3.8, 4) is 0 Å². The van der Waals surface area contributed by atoms with Gasteiger partial charge in [0.1, 0.15) is 0 Å². The van der Waals surface area contributed by atoms with Crippen molar-refractivity contribution >= 4 is 0 Å². The van der Waals surface area contributed by atoms with Crippen LogP contribution in [0.5, 0.6) is 0 Å². The molecule has 1 unspecified atom stereocenters. The molecule has 0 nitrogen and oxygen atoms in total. The molecule has 0 heterocycles. The highest BCUT2D eigenvalue weighted by Crippen LogP contribution is 2.19. The Morgan fingerprint density at radius 3 is 1.60 bits per heavy atom. The van der Waals surface area contributed by atoms with Crippen LogP contribution in [-0.4, -0.2) is 0 Å². The van der Waals surface area contributed by atoms with E-state index in [1.807, 2.05) is 0 Å². The Hall–Kier alpha value is 0. The van der Waals surface area contributed by atoms with Crippen molar-refractivity contribution in [2.75, 3.05) is 0 Å². The predicted molar refractivity (Wildman–Crippen MR) is 94.1 cm³/mol. The number of unbranched alkanes of at least 4 members (excludes halogenated alkanes) is 9. The van der Waals surface area contributed by atoms with Gasteiger partial charge >= 0.3 is 0 Å². The standard InChI is InChI=1S/C20H41/c1-5-6-7-8-9-10-11-12-13-14-17-20(4)18-15-16-19(2)3/h20H,5-18H2,1-4H3. The van der Waals surface area contributed by atoms with Crippen LogP contribution in [0.15, 0.2) is 0 Å². The van der Waals surface area contributed by atoms with Crippen LogP contribution in [0.3, 0.4) is 0 Å². The zero-order valence-corrected chi connectivity index (χ0v) is 15.0. The van der Waals surface area contributed by atoms with Crippen LogP contribution in [0.25, 0.3) is 0 Å². The lowest BCUT2D eigenvalue weighted by atomic mass is 9.95. The molecule has 0 saturated carbocycles. The Morgan fingerprint density at radius 2 is 1.10 bits per heavy atom. The average Bonchev–Trinajstić information content (AvgIpc) is 2.40. The maximum Gasteiger partial charge on any atom is -0.0303 e. The van der Waals surface area contributed by atoms with E-state index < -0.39 is 0 Å². The van der Waals surface area contributed by atoms with Gasteiger partial charge < -0.3 is 0 Å². The first-order valence-corrected chi connectivity index (χ1v) is 9.45. The molecule has 1 radical (unpaired) electrons. The number of hydrogen-bond acceptors (Lipinski definition) is 0. The average molecular weight is 282 g/mol. The Bertz CT molecular complexity index is 171. The predicted octanol–water partition coefficient (Wildman–Crippen LogP) is 7.72. The van der Waals surface area contributed by atoms with Crippen molar-refractivity contribution in [2.45, 2.75) is 118 Å².